The van der Waals surface area contributed by atoms with Gasteiger partial charge in [-0.15, -0.1) is 0 Å². The van der Waals surface area contributed by atoms with Gasteiger partial charge in [-0.2, -0.15) is 4.37 Å². The highest BCUT2D eigenvalue weighted by Gasteiger charge is 2.24. The molecular formula is C15H27N3OS. The zero-order chi connectivity index (χ0) is 14.6. The van der Waals surface area contributed by atoms with Crippen LogP contribution < -0.4 is 0 Å². The SMILES string of the molecule is Cc1cc(CN(C)CC(C)(C)CN2CCOCC2)sn1. The highest BCUT2D eigenvalue weighted by Crippen LogP contribution is 2.21. The molecule has 0 unspecified atom stereocenters. The number of hydrogen-bond donors (Lipinski definition) is 0. The maximum Gasteiger partial charge on any atom is 0.0594 e. The number of rotatable bonds is 6. The van der Waals surface area contributed by atoms with Crippen molar-refractivity contribution in [2.75, 3.05) is 46.4 Å². The minimum absolute atomic E-state index is 0.297. The highest BCUT2D eigenvalue weighted by molar-refractivity contribution is 7.05. The lowest BCUT2D eigenvalue weighted by atomic mass is 9.92. The molecule has 1 aliphatic heterocycles. The summed E-state index contributed by atoms with van der Waals surface area (Å²) in [6.07, 6.45) is 0. The van der Waals surface area contributed by atoms with E-state index in [-0.39, 0.29) is 0 Å². The number of morpholine rings is 1. The second-order valence-corrected chi connectivity index (χ2v) is 7.55. The van der Waals surface area contributed by atoms with Gasteiger partial charge < -0.3 is 9.64 Å². The van der Waals surface area contributed by atoms with Gasteiger partial charge in [0, 0.05) is 37.6 Å². The van der Waals surface area contributed by atoms with Gasteiger partial charge in [0.05, 0.1) is 18.9 Å². The van der Waals surface area contributed by atoms with Crippen LogP contribution in [0.2, 0.25) is 0 Å². The normalized spacial score (nSPS) is 17.9. The summed E-state index contributed by atoms with van der Waals surface area (Å²) in [5.74, 6) is 0. The van der Waals surface area contributed by atoms with Crippen molar-refractivity contribution in [2.24, 2.45) is 5.41 Å². The van der Waals surface area contributed by atoms with Crippen LogP contribution in [0.25, 0.3) is 0 Å². The molecule has 20 heavy (non-hydrogen) atoms. The van der Waals surface area contributed by atoms with Crippen molar-refractivity contribution in [3.05, 3.63) is 16.6 Å². The molecule has 1 saturated heterocycles. The summed E-state index contributed by atoms with van der Waals surface area (Å²) in [7, 11) is 2.20. The molecule has 0 aromatic carbocycles. The van der Waals surface area contributed by atoms with Crippen molar-refractivity contribution in [2.45, 2.75) is 27.3 Å². The lowest BCUT2D eigenvalue weighted by molar-refractivity contribution is 0.0161. The number of ether oxygens (including phenoxy) is 1. The van der Waals surface area contributed by atoms with Crippen LogP contribution in [0.4, 0.5) is 0 Å². The van der Waals surface area contributed by atoms with E-state index in [0.717, 1.165) is 51.6 Å². The number of aromatic nitrogens is 1. The molecule has 0 radical (unpaired) electrons. The average Bonchev–Trinajstić information content (AvgIpc) is 2.74. The Labute approximate surface area is 126 Å². The van der Waals surface area contributed by atoms with E-state index in [9.17, 15) is 0 Å². The standard InChI is InChI=1S/C15H27N3OS/c1-13-9-14(20-16-13)10-17(4)11-15(2,3)12-18-5-7-19-8-6-18/h9H,5-8,10-12H2,1-4H3. The number of aryl methyl sites for hydroxylation is 1. The molecule has 114 valence electrons. The maximum atomic E-state index is 5.42. The largest absolute Gasteiger partial charge is 0.379 e. The van der Waals surface area contributed by atoms with Gasteiger partial charge in [0.25, 0.3) is 0 Å². The Kier molecular flexibility index (Phi) is 5.55. The Balaban J connectivity index is 1.80. The first-order valence-electron chi connectivity index (χ1n) is 7.35. The summed E-state index contributed by atoms with van der Waals surface area (Å²) >= 11 is 1.62. The van der Waals surface area contributed by atoms with Crippen LogP contribution in [0.1, 0.15) is 24.4 Å². The first-order valence-corrected chi connectivity index (χ1v) is 8.13. The van der Waals surface area contributed by atoms with Crippen LogP contribution in [-0.4, -0.2) is 60.6 Å². The summed E-state index contributed by atoms with van der Waals surface area (Å²) in [5.41, 5.74) is 1.43. The fourth-order valence-electron chi connectivity index (χ4n) is 2.96. The monoisotopic (exact) mass is 297 g/mol. The van der Waals surface area contributed by atoms with Crippen molar-refractivity contribution in [1.82, 2.24) is 14.2 Å². The minimum atomic E-state index is 0.297. The summed E-state index contributed by atoms with van der Waals surface area (Å²) in [4.78, 5) is 6.29. The molecule has 2 heterocycles. The highest BCUT2D eigenvalue weighted by atomic mass is 32.1. The molecule has 0 N–H and O–H groups in total. The van der Waals surface area contributed by atoms with E-state index in [4.69, 9.17) is 4.74 Å². The van der Waals surface area contributed by atoms with Crippen LogP contribution in [0.5, 0.6) is 0 Å². The third kappa shape index (κ3) is 5.13. The molecule has 0 aliphatic carbocycles. The first kappa shape index (κ1) is 15.9. The molecule has 4 nitrogen and oxygen atoms in total. The minimum Gasteiger partial charge on any atom is -0.379 e. The van der Waals surface area contributed by atoms with Crippen LogP contribution in [-0.2, 0) is 11.3 Å². The van der Waals surface area contributed by atoms with E-state index in [2.05, 4.69) is 48.1 Å². The third-order valence-electron chi connectivity index (χ3n) is 3.56. The van der Waals surface area contributed by atoms with Gasteiger partial charge >= 0.3 is 0 Å². The Morgan fingerprint density at radius 2 is 2.10 bits per heavy atom. The lowest BCUT2D eigenvalue weighted by Crippen LogP contribution is -2.45. The Bertz CT molecular complexity index is 413. The summed E-state index contributed by atoms with van der Waals surface area (Å²) in [6, 6.07) is 2.19. The van der Waals surface area contributed by atoms with Gasteiger partial charge in [-0.05, 0) is 37.0 Å². The Hall–Kier alpha value is -0.490. The molecule has 2 rings (SSSR count). The Morgan fingerprint density at radius 3 is 2.70 bits per heavy atom. The molecular weight excluding hydrogens is 270 g/mol. The van der Waals surface area contributed by atoms with E-state index < -0.39 is 0 Å². The predicted molar refractivity (Wildman–Crippen MR) is 84.2 cm³/mol. The van der Waals surface area contributed by atoms with E-state index in [1.807, 2.05) is 0 Å². The molecule has 1 aromatic rings. The van der Waals surface area contributed by atoms with Crippen molar-refractivity contribution < 1.29 is 4.74 Å². The zero-order valence-electron chi connectivity index (χ0n) is 13.2. The van der Waals surface area contributed by atoms with Crippen LogP contribution >= 0.6 is 11.5 Å². The van der Waals surface area contributed by atoms with E-state index in [0.29, 0.717) is 5.41 Å². The van der Waals surface area contributed by atoms with Gasteiger partial charge in [0.15, 0.2) is 0 Å². The van der Waals surface area contributed by atoms with E-state index >= 15 is 0 Å². The third-order valence-corrected chi connectivity index (χ3v) is 4.42. The van der Waals surface area contributed by atoms with Gasteiger partial charge in [-0.1, -0.05) is 13.8 Å². The van der Waals surface area contributed by atoms with Gasteiger partial charge in [0.1, 0.15) is 0 Å². The fourth-order valence-corrected chi connectivity index (χ4v) is 3.77. The summed E-state index contributed by atoms with van der Waals surface area (Å²) < 4.78 is 9.77. The smallest absolute Gasteiger partial charge is 0.0594 e. The topological polar surface area (TPSA) is 28.6 Å². The number of nitrogens with zero attached hydrogens (tertiary/aromatic N) is 3. The van der Waals surface area contributed by atoms with E-state index in [1.54, 1.807) is 11.5 Å². The first-order chi connectivity index (χ1) is 9.44. The van der Waals surface area contributed by atoms with Crippen LogP contribution in [0.3, 0.4) is 0 Å². The van der Waals surface area contributed by atoms with Gasteiger partial charge in [-0.25, -0.2) is 0 Å². The second kappa shape index (κ2) is 6.98. The van der Waals surface area contributed by atoms with Gasteiger partial charge in [-0.3, -0.25) is 4.90 Å². The molecule has 1 aromatic heterocycles. The number of hydrogen-bond acceptors (Lipinski definition) is 5. The van der Waals surface area contributed by atoms with Crippen LogP contribution in [0.15, 0.2) is 6.07 Å². The molecule has 5 heteroatoms. The average molecular weight is 297 g/mol. The van der Waals surface area contributed by atoms with Crippen LogP contribution in [0, 0.1) is 12.3 Å². The molecule has 0 amide bonds. The molecule has 0 bridgehead atoms. The molecule has 0 atom stereocenters. The summed E-state index contributed by atoms with van der Waals surface area (Å²) in [5, 5.41) is 0. The van der Waals surface area contributed by atoms with Gasteiger partial charge in [0.2, 0.25) is 0 Å². The Morgan fingerprint density at radius 1 is 1.40 bits per heavy atom. The molecule has 0 spiro atoms. The quantitative estimate of drug-likeness (QED) is 0.805. The van der Waals surface area contributed by atoms with Crippen molar-refractivity contribution in [1.29, 1.82) is 0 Å². The zero-order valence-corrected chi connectivity index (χ0v) is 14.0. The van der Waals surface area contributed by atoms with Crippen molar-refractivity contribution in [3.63, 3.8) is 0 Å². The summed E-state index contributed by atoms with van der Waals surface area (Å²) in [6.45, 7) is 13.9. The van der Waals surface area contributed by atoms with Crippen molar-refractivity contribution in [3.8, 4) is 0 Å². The lowest BCUT2D eigenvalue weighted by Gasteiger charge is -2.37. The second-order valence-electron chi connectivity index (χ2n) is 6.66. The molecule has 0 saturated carbocycles. The van der Waals surface area contributed by atoms with E-state index in [1.165, 1.54) is 4.88 Å². The molecule has 1 aliphatic rings. The fraction of sp³-hybridized carbons (Fsp3) is 0.800. The van der Waals surface area contributed by atoms with Crippen molar-refractivity contribution >= 4 is 11.5 Å². The molecule has 1 fully saturated rings. The maximum absolute atomic E-state index is 5.42. The predicted octanol–water partition coefficient (Wildman–Crippen LogP) is 2.24.